The van der Waals surface area contributed by atoms with E-state index in [-0.39, 0.29) is 18.2 Å². The Morgan fingerprint density at radius 3 is 2.50 bits per heavy atom. The highest BCUT2D eigenvalue weighted by Gasteiger charge is 2.31. The Morgan fingerprint density at radius 2 is 1.86 bits per heavy atom. The average Bonchev–Trinajstić information content (AvgIpc) is 2.86. The van der Waals surface area contributed by atoms with Crippen molar-refractivity contribution in [2.45, 2.75) is 51.0 Å². The fraction of sp³-hybridized carbons (Fsp3) is 0.600. The number of ether oxygens (including phenoxy) is 1. The fourth-order valence-corrected chi connectivity index (χ4v) is 5.37. The van der Waals surface area contributed by atoms with Crippen LogP contribution in [0.2, 0.25) is 0 Å². The van der Waals surface area contributed by atoms with Gasteiger partial charge >= 0.3 is 12.1 Å². The van der Waals surface area contributed by atoms with Crippen LogP contribution in [-0.4, -0.2) is 72.1 Å². The van der Waals surface area contributed by atoms with Crippen molar-refractivity contribution >= 4 is 39.8 Å². The molecule has 36 heavy (non-hydrogen) atoms. The Hall–Kier alpha value is -2.69. The molecule has 198 valence electrons. The van der Waals surface area contributed by atoms with Crippen molar-refractivity contribution in [3.8, 4) is 0 Å². The molecule has 0 aliphatic carbocycles. The van der Waals surface area contributed by atoms with Gasteiger partial charge in [-0.2, -0.15) is 0 Å². The molecule has 2 aliphatic heterocycles. The number of hydrogen-bond donors (Lipinski definition) is 2. The molecule has 2 aliphatic rings. The van der Waals surface area contributed by atoms with Crippen molar-refractivity contribution in [3.63, 3.8) is 0 Å². The molecular weight excluding hydrogens is 537 g/mol. The summed E-state index contributed by atoms with van der Waals surface area (Å²) in [5.41, 5.74) is 0.443. The van der Waals surface area contributed by atoms with Gasteiger partial charge in [0.25, 0.3) is 0 Å². The first-order valence-electron chi connectivity index (χ1n) is 12.2. The summed E-state index contributed by atoms with van der Waals surface area (Å²) in [4.78, 5) is 52.1. The third-order valence-corrected chi connectivity index (χ3v) is 7.46. The van der Waals surface area contributed by atoms with Gasteiger partial charge in [0.05, 0.1) is 25.5 Å². The maximum atomic E-state index is 14.0. The van der Waals surface area contributed by atoms with Gasteiger partial charge in [0, 0.05) is 37.1 Å². The third kappa shape index (κ3) is 7.91. The second kappa shape index (κ2) is 13.0. The minimum atomic E-state index is -0.902. The van der Waals surface area contributed by atoms with Crippen LogP contribution in [-0.2, 0) is 19.1 Å². The van der Waals surface area contributed by atoms with E-state index in [9.17, 15) is 23.6 Å². The maximum absolute atomic E-state index is 14.0. The van der Waals surface area contributed by atoms with Crippen LogP contribution < -0.4 is 5.32 Å². The Morgan fingerprint density at radius 1 is 1.14 bits per heavy atom. The summed E-state index contributed by atoms with van der Waals surface area (Å²) in [6.45, 7) is 1.87. The molecule has 0 saturated carbocycles. The van der Waals surface area contributed by atoms with Crippen LogP contribution in [0.15, 0.2) is 22.7 Å². The molecule has 2 fully saturated rings. The highest BCUT2D eigenvalue weighted by atomic mass is 79.9. The van der Waals surface area contributed by atoms with Gasteiger partial charge in [0.1, 0.15) is 5.82 Å². The molecule has 0 radical (unpaired) electrons. The van der Waals surface area contributed by atoms with Gasteiger partial charge in [0.15, 0.2) is 0 Å². The predicted molar refractivity (Wildman–Crippen MR) is 132 cm³/mol. The smallest absolute Gasteiger partial charge is 0.407 e. The summed E-state index contributed by atoms with van der Waals surface area (Å²) in [5.74, 6) is -1.44. The maximum Gasteiger partial charge on any atom is 0.407 e. The Labute approximate surface area is 218 Å². The molecule has 2 N–H and O–H groups in total. The number of carbonyl (C=O) groups excluding carboxylic acids is 3. The van der Waals surface area contributed by atoms with E-state index in [4.69, 9.17) is 9.84 Å². The molecule has 1 aromatic carbocycles. The zero-order chi connectivity index (χ0) is 26.2. The lowest BCUT2D eigenvalue weighted by Crippen LogP contribution is -2.46. The number of carboxylic acid groups (broad SMARTS) is 1. The molecule has 2 atom stereocenters. The van der Waals surface area contributed by atoms with E-state index in [0.29, 0.717) is 67.8 Å². The summed E-state index contributed by atoms with van der Waals surface area (Å²) < 4.78 is 19.2. The second-order valence-corrected chi connectivity index (χ2v) is 10.4. The largest absolute Gasteiger partial charge is 0.469 e. The van der Waals surface area contributed by atoms with Crippen LogP contribution in [0.5, 0.6) is 0 Å². The van der Waals surface area contributed by atoms with Crippen molar-refractivity contribution in [1.82, 2.24) is 15.1 Å². The van der Waals surface area contributed by atoms with Crippen molar-refractivity contribution in [2.24, 2.45) is 11.8 Å². The van der Waals surface area contributed by atoms with Gasteiger partial charge in [-0.25, -0.2) is 9.18 Å². The highest BCUT2D eigenvalue weighted by molar-refractivity contribution is 9.10. The van der Waals surface area contributed by atoms with E-state index in [0.717, 1.165) is 12.8 Å². The number of rotatable bonds is 8. The summed E-state index contributed by atoms with van der Waals surface area (Å²) in [5, 5.41) is 11.9. The number of likely N-dealkylation sites (tertiary alicyclic amines) is 2. The third-order valence-electron chi connectivity index (χ3n) is 7.00. The number of methoxy groups -OCH3 is 1. The lowest BCUT2D eigenvalue weighted by Gasteiger charge is -2.34. The molecular formula is C25H33BrFN3O6. The second-order valence-electron chi connectivity index (χ2n) is 9.47. The predicted octanol–water partition coefficient (Wildman–Crippen LogP) is 3.72. The van der Waals surface area contributed by atoms with E-state index in [1.807, 2.05) is 0 Å². The van der Waals surface area contributed by atoms with Crippen molar-refractivity contribution in [2.75, 3.05) is 33.3 Å². The molecule has 1 unspecified atom stereocenters. The first-order valence-corrected chi connectivity index (χ1v) is 13.0. The molecule has 1 aromatic rings. The minimum Gasteiger partial charge on any atom is -0.469 e. The number of nitrogens with zero attached hydrogens (tertiary/aromatic N) is 2. The van der Waals surface area contributed by atoms with Crippen LogP contribution in [0.25, 0.3) is 0 Å². The van der Waals surface area contributed by atoms with Crippen LogP contribution in [0.3, 0.4) is 0 Å². The zero-order valence-electron chi connectivity index (χ0n) is 20.4. The number of amides is 3. The number of halogens is 2. The average molecular weight is 570 g/mol. The number of nitrogens with one attached hydrogen (secondary N) is 1. The van der Waals surface area contributed by atoms with Gasteiger partial charge in [-0.3, -0.25) is 14.4 Å². The zero-order valence-corrected chi connectivity index (χ0v) is 22.0. The van der Waals surface area contributed by atoms with E-state index in [1.54, 1.807) is 11.0 Å². The van der Waals surface area contributed by atoms with Crippen LogP contribution in [0.1, 0.15) is 56.6 Å². The number of hydrogen-bond acceptors (Lipinski definition) is 5. The van der Waals surface area contributed by atoms with Gasteiger partial charge in [0.2, 0.25) is 11.8 Å². The normalized spacial score (nSPS) is 19.5. The standard InChI is InChI=1S/C25H33BrFN3O6/c1-36-23(32)14-21(18-11-19(26)13-20(27)12-18)28-24(33)17-3-2-8-30(15-17)22(31)5-4-16-6-9-29(10-7-16)25(34)35/h11-13,16-17,21H,2-10,14-15H2,1H3,(H,28,33)(H,34,35)/t17-,21?/m1/s1. The Kier molecular flexibility index (Phi) is 10.1. The number of carbonyl (C=O) groups is 4. The summed E-state index contributed by atoms with van der Waals surface area (Å²) >= 11 is 3.24. The SMILES string of the molecule is COC(=O)CC(NC(=O)[C@@H]1CCCN(C(=O)CCC2CCN(C(=O)O)CC2)C1)c1cc(F)cc(Br)c1. The fourth-order valence-electron chi connectivity index (χ4n) is 4.88. The molecule has 11 heteroatoms. The van der Waals surface area contributed by atoms with Gasteiger partial charge < -0.3 is 25.0 Å². The molecule has 0 spiro atoms. The molecule has 3 rings (SSSR count). The van der Waals surface area contributed by atoms with E-state index in [2.05, 4.69) is 21.2 Å². The molecule has 0 bridgehead atoms. The lowest BCUT2D eigenvalue weighted by atomic mass is 9.91. The van der Waals surface area contributed by atoms with Crippen molar-refractivity contribution in [1.29, 1.82) is 0 Å². The molecule has 9 nitrogen and oxygen atoms in total. The number of benzene rings is 1. The Bertz CT molecular complexity index is 949. The molecule has 0 aromatic heterocycles. The summed E-state index contributed by atoms with van der Waals surface area (Å²) in [6.07, 6.45) is 2.83. The van der Waals surface area contributed by atoms with Crippen LogP contribution in [0.4, 0.5) is 9.18 Å². The van der Waals surface area contributed by atoms with Gasteiger partial charge in [-0.05, 0) is 61.8 Å². The van der Waals surface area contributed by atoms with Gasteiger partial charge in [-0.15, -0.1) is 0 Å². The molecule has 3 amide bonds. The molecule has 2 heterocycles. The quantitative estimate of drug-likeness (QED) is 0.461. The Balaban J connectivity index is 1.55. The van der Waals surface area contributed by atoms with Crippen molar-refractivity contribution < 1.29 is 33.4 Å². The van der Waals surface area contributed by atoms with E-state index in [1.165, 1.54) is 24.1 Å². The molecule has 2 saturated heterocycles. The van der Waals surface area contributed by atoms with E-state index < -0.39 is 29.8 Å². The minimum absolute atomic E-state index is 0.00617. The lowest BCUT2D eigenvalue weighted by molar-refractivity contribution is -0.141. The topological polar surface area (TPSA) is 116 Å². The number of esters is 1. The number of piperidine rings is 2. The monoisotopic (exact) mass is 569 g/mol. The van der Waals surface area contributed by atoms with Crippen LogP contribution >= 0.6 is 15.9 Å². The van der Waals surface area contributed by atoms with Gasteiger partial charge in [-0.1, -0.05) is 15.9 Å². The van der Waals surface area contributed by atoms with Crippen LogP contribution in [0, 0.1) is 17.7 Å². The van der Waals surface area contributed by atoms with E-state index >= 15 is 0 Å². The first kappa shape index (κ1) is 27.9. The summed E-state index contributed by atoms with van der Waals surface area (Å²) in [6, 6.07) is 3.45. The van der Waals surface area contributed by atoms with Crippen molar-refractivity contribution in [3.05, 3.63) is 34.1 Å². The highest BCUT2D eigenvalue weighted by Crippen LogP contribution is 2.26. The summed E-state index contributed by atoms with van der Waals surface area (Å²) in [7, 11) is 1.25. The first-order chi connectivity index (χ1) is 17.2.